The van der Waals surface area contributed by atoms with Crippen LogP contribution in [0.4, 0.5) is 0 Å². The van der Waals surface area contributed by atoms with Crippen LogP contribution in [0.3, 0.4) is 0 Å². The van der Waals surface area contributed by atoms with E-state index < -0.39 is 5.41 Å². The van der Waals surface area contributed by atoms with Crippen LogP contribution in [0.1, 0.15) is 31.1 Å². The van der Waals surface area contributed by atoms with E-state index in [0.717, 1.165) is 16.5 Å². The number of carbonyl (C=O) groups is 1. The van der Waals surface area contributed by atoms with Gasteiger partial charge in [-0.05, 0) is 11.6 Å². The Morgan fingerprint density at radius 3 is 2.55 bits per heavy atom. The van der Waals surface area contributed by atoms with Crippen LogP contribution in [0.25, 0.3) is 10.9 Å². The predicted octanol–water partition coefficient (Wildman–Crippen LogP) is 3.49. The summed E-state index contributed by atoms with van der Waals surface area (Å²) >= 11 is 0. The van der Waals surface area contributed by atoms with Crippen LogP contribution in [0.15, 0.2) is 30.5 Å². The molecular weight excluding hydrogens is 252 g/mol. The molecule has 4 heteroatoms. The molecule has 0 aliphatic rings. The van der Waals surface area contributed by atoms with Gasteiger partial charge in [0.15, 0.2) is 5.90 Å². The van der Waals surface area contributed by atoms with Crippen LogP contribution in [0.2, 0.25) is 0 Å². The molecule has 1 aromatic carbocycles. The van der Waals surface area contributed by atoms with Gasteiger partial charge in [0, 0.05) is 17.0 Å². The van der Waals surface area contributed by atoms with Gasteiger partial charge in [0.2, 0.25) is 5.91 Å². The summed E-state index contributed by atoms with van der Waals surface area (Å²) in [4.78, 5) is 12.5. The van der Waals surface area contributed by atoms with Gasteiger partial charge < -0.3 is 4.74 Å². The van der Waals surface area contributed by atoms with Crippen molar-refractivity contribution in [1.29, 1.82) is 5.41 Å². The molecule has 20 heavy (non-hydrogen) atoms. The highest BCUT2D eigenvalue weighted by Gasteiger charge is 2.25. The number of hydrogen-bond donors (Lipinski definition) is 1. The predicted molar refractivity (Wildman–Crippen MR) is 80.5 cm³/mol. The number of nitrogens with zero attached hydrogens (tertiary/aromatic N) is 1. The summed E-state index contributed by atoms with van der Waals surface area (Å²) in [6.45, 7) is 5.71. The van der Waals surface area contributed by atoms with Gasteiger partial charge in [-0.25, -0.2) is 0 Å². The fourth-order valence-electron chi connectivity index (χ4n) is 2.17. The fraction of sp³-hybridized carbons (Fsp3) is 0.375. The van der Waals surface area contributed by atoms with Crippen molar-refractivity contribution >= 4 is 22.7 Å². The van der Waals surface area contributed by atoms with Gasteiger partial charge in [-0.1, -0.05) is 39.0 Å². The molecule has 0 bridgehead atoms. The molecule has 2 rings (SSSR count). The lowest BCUT2D eigenvalue weighted by Crippen LogP contribution is -2.26. The first-order chi connectivity index (χ1) is 9.34. The van der Waals surface area contributed by atoms with Gasteiger partial charge in [0.25, 0.3) is 0 Å². The quantitative estimate of drug-likeness (QED) is 0.672. The Morgan fingerprint density at radius 1 is 1.30 bits per heavy atom. The number of carbonyl (C=O) groups excluding carboxylic acids is 1. The maximum Gasteiger partial charge on any atom is 0.236 e. The Bertz CT molecular complexity index is 663. The van der Waals surface area contributed by atoms with Gasteiger partial charge in [-0.15, -0.1) is 0 Å². The van der Waals surface area contributed by atoms with E-state index >= 15 is 0 Å². The number of aromatic nitrogens is 1. The Kier molecular flexibility index (Phi) is 3.66. The molecule has 0 fully saturated rings. The zero-order valence-corrected chi connectivity index (χ0v) is 12.4. The molecule has 1 aromatic heterocycles. The van der Waals surface area contributed by atoms with Crippen molar-refractivity contribution in [3.63, 3.8) is 0 Å². The second kappa shape index (κ2) is 5.12. The van der Waals surface area contributed by atoms with Crippen molar-refractivity contribution in [3.8, 4) is 0 Å². The lowest BCUT2D eigenvalue weighted by molar-refractivity contribution is 0.0772. The molecule has 0 atom stereocenters. The minimum absolute atomic E-state index is 0.0453. The first kappa shape index (κ1) is 14.3. The number of rotatable bonds is 2. The molecule has 0 aliphatic heterocycles. The Balaban J connectivity index is 2.57. The minimum Gasteiger partial charge on any atom is -0.484 e. The van der Waals surface area contributed by atoms with Crippen LogP contribution in [0.5, 0.6) is 0 Å². The fourth-order valence-corrected chi connectivity index (χ4v) is 2.17. The second-order valence-electron chi connectivity index (χ2n) is 5.90. The molecule has 0 spiro atoms. The van der Waals surface area contributed by atoms with E-state index in [4.69, 9.17) is 10.1 Å². The third kappa shape index (κ3) is 2.59. The number of nitrogens with one attached hydrogen (secondary N) is 1. The van der Waals surface area contributed by atoms with E-state index in [1.54, 1.807) is 4.57 Å². The average Bonchev–Trinajstić information content (AvgIpc) is 2.76. The largest absolute Gasteiger partial charge is 0.484 e. The van der Waals surface area contributed by atoms with E-state index in [0.29, 0.717) is 6.42 Å². The van der Waals surface area contributed by atoms with E-state index in [1.165, 1.54) is 7.11 Å². The minimum atomic E-state index is -0.451. The topological polar surface area (TPSA) is 55.1 Å². The molecule has 4 nitrogen and oxygen atoms in total. The number of benzene rings is 1. The maximum atomic E-state index is 12.5. The molecule has 106 valence electrons. The highest BCUT2D eigenvalue weighted by molar-refractivity contribution is 5.97. The van der Waals surface area contributed by atoms with Crippen LogP contribution < -0.4 is 0 Å². The molecule has 0 radical (unpaired) electrons. The lowest BCUT2D eigenvalue weighted by Gasteiger charge is -2.17. The summed E-state index contributed by atoms with van der Waals surface area (Å²) in [6.07, 6.45) is 2.22. The number of methoxy groups -OCH3 is 1. The van der Waals surface area contributed by atoms with Crippen LogP contribution >= 0.6 is 0 Å². The molecule has 0 aliphatic carbocycles. The van der Waals surface area contributed by atoms with Gasteiger partial charge in [0.05, 0.1) is 19.0 Å². The first-order valence-corrected chi connectivity index (χ1v) is 6.60. The summed E-state index contributed by atoms with van der Waals surface area (Å²) in [5, 5.41) is 8.67. The van der Waals surface area contributed by atoms with E-state index in [-0.39, 0.29) is 11.8 Å². The maximum absolute atomic E-state index is 12.5. The third-order valence-electron chi connectivity index (χ3n) is 3.25. The zero-order chi connectivity index (χ0) is 14.9. The molecule has 1 N–H and O–H groups in total. The monoisotopic (exact) mass is 272 g/mol. The molecule has 0 saturated carbocycles. The number of ether oxygens (including phenoxy) is 1. The summed E-state index contributed by atoms with van der Waals surface area (Å²) < 4.78 is 6.62. The number of fused-ring (bicyclic) bond motifs is 1. The Hall–Kier alpha value is -2.10. The van der Waals surface area contributed by atoms with Gasteiger partial charge in [0.1, 0.15) is 0 Å². The van der Waals surface area contributed by atoms with E-state index in [9.17, 15) is 4.79 Å². The van der Waals surface area contributed by atoms with Crippen molar-refractivity contribution in [2.45, 2.75) is 27.2 Å². The van der Waals surface area contributed by atoms with Gasteiger partial charge in [-0.2, -0.15) is 0 Å². The molecule has 1 heterocycles. The average molecular weight is 272 g/mol. The van der Waals surface area contributed by atoms with Crippen molar-refractivity contribution in [2.75, 3.05) is 7.11 Å². The van der Waals surface area contributed by atoms with Crippen molar-refractivity contribution in [3.05, 3.63) is 36.0 Å². The molecule has 0 saturated heterocycles. The molecular formula is C16H20N2O2. The second-order valence-corrected chi connectivity index (χ2v) is 5.90. The van der Waals surface area contributed by atoms with Gasteiger partial charge >= 0.3 is 0 Å². The first-order valence-electron chi connectivity index (χ1n) is 6.60. The highest BCUT2D eigenvalue weighted by Crippen LogP contribution is 2.26. The normalized spacial score (nSPS) is 11.6. The van der Waals surface area contributed by atoms with E-state index in [2.05, 4.69) is 0 Å². The Labute approximate surface area is 118 Å². The lowest BCUT2D eigenvalue weighted by atomic mass is 9.95. The molecule has 2 aromatic rings. The van der Waals surface area contributed by atoms with Crippen molar-refractivity contribution in [1.82, 2.24) is 4.57 Å². The van der Waals surface area contributed by atoms with Crippen molar-refractivity contribution < 1.29 is 9.53 Å². The van der Waals surface area contributed by atoms with Gasteiger partial charge in [-0.3, -0.25) is 14.8 Å². The smallest absolute Gasteiger partial charge is 0.236 e. The standard InChI is InChI=1S/C16H20N2O2/c1-16(2,3)15(19)18-10-11(9-14(17)20-4)12-7-5-6-8-13(12)18/h5-8,10,17H,9H2,1-4H3. The number of hydrogen-bond acceptors (Lipinski definition) is 3. The molecule has 0 amide bonds. The third-order valence-corrected chi connectivity index (χ3v) is 3.25. The SMILES string of the molecule is COC(=N)Cc1cn(C(=O)C(C)(C)C)c2ccccc12. The summed E-state index contributed by atoms with van der Waals surface area (Å²) in [6, 6.07) is 7.76. The molecule has 0 unspecified atom stereocenters. The zero-order valence-electron chi connectivity index (χ0n) is 12.4. The Morgan fingerprint density at radius 2 is 1.95 bits per heavy atom. The number of para-hydroxylation sites is 1. The van der Waals surface area contributed by atoms with Crippen LogP contribution in [-0.2, 0) is 11.2 Å². The summed E-state index contributed by atoms with van der Waals surface area (Å²) in [5.41, 5.74) is 1.37. The summed E-state index contributed by atoms with van der Waals surface area (Å²) in [5.74, 6) is 0.236. The van der Waals surface area contributed by atoms with E-state index in [1.807, 2.05) is 51.2 Å². The summed E-state index contributed by atoms with van der Waals surface area (Å²) in [7, 11) is 1.49. The van der Waals surface area contributed by atoms with Crippen LogP contribution in [-0.4, -0.2) is 23.5 Å². The van der Waals surface area contributed by atoms with Crippen LogP contribution in [0, 0.1) is 10.8 Å². The highest BCUT2D eigenvalue weighted by atomic mass is 16.5. The van der Waals surface area contributed by atoms with Crippen molar-refractivity contribution in [2.24, 2.45) is 5.41 Å².